The van der Waals surface area contributed by atoms with Crippen LogP contribution in [0.2, 0.25) is 0 Å². The number of nitrogens with zero attached hydrogens (tertiary/aromatic N) is 1. The van der Waals surface area contributed by atoms with Gasteiger partial charge in [-0.2, -0.15) is 0 Å². The van der Waals surface area contributed by atoms with Crippen LogP contribution in [0, 0.1) is 18.7 Å². The van der Waals surface area contributed by atoms with Crippen molar-refractivity contribution in [3.63, 3.8) is 0 Å². The van der Waals surface area contributed by atoms with Gasteiger partial charge in [0.05, 0.1) is 5.56 Å². The van der Waals surface area contributed by atoms with Crippen LogP contribution in [0.5, 0.6) is 0 Å². The van der Waals surface area contributed by atoms with Crippen LogP contribution in [0.4, 0.5) is 4.39 Å². The first-order valence-corrected chi connectivity index (χ1v) is 6.74. The van der Waals surface area contributed by atoms with E-state index in [1.54, 1.807) is 24.0 Å². The Bertz CT molecular complexity index is 478. The summed E-state index contributed by atoms with van der Waals surface area (Å²) >= 11 is 0. The van der Waals surface area contributed by atoms with Crippen molar-refractivity contribution in [3.8, 4) is 0 Å². The first-order chi connectivity index (χ1) is 9.02. The maximum atomic E-state index is 14.1. The van der Waals surface area contributed by atoms with Crippen LogP contribution in [0.15, 0.2) is 18.7 Å². The molecule has 1 amide bonds. The molecule has 1 aromatic rings. The SMILES string of the molecule is C=Cc1cc(C)c(C(=O)N2CCC(C)CC2)c(F)c1. The van der Waals surface area contributed by atoms with Gasteiger partial charge in [-0.05, 0) is 42.9 Å². The molecule has 102 valence electrons. The van der Waals surface area contributed by atoms with Gasteiger partial charge in [0.25, 0.3) is 5.91 Å². The van der Waals surface area contributed by atoms with Crippen LogP contribution >= 0.6 is 0 Å². The van der Waals surface area contributed by atoms with Crippen LogP contribution < -0.4 is 0 Å². The zero-order chi connectivity index (χ0) is 14.0. The van der Waals surface area contributed by atoms with Gasteiger partial charge in [0.1, 0.15) is 5.82 Å². The fraction of sp³-hybridized carbons (Fsp3) is 0.438. The van der Waals surface area contributed by atoms with E-state index in [1.165, 1.54) is 6.07 Å². The van der Waals surface area contributed by atoms with Crippen molar-refractivity contribution in [2.45, 2.75) is 26.7 Å². The second-order valence-corrected chi connectivity index (χ2v) is 5.37. The molecule has 0 bridgehead atoms. The summed E-state index contributed by atoms with van der Waals surface area (Å²) in [5.41, 5.74) is 1.59. The number of carbonyl (C=O) groups is 1. The Kier molecular flexibility index (Phi) is 4.03. The molecule has 1 fully saturated rings. The predicted octanol–water partition coefficient (Wildman–Crippen LogP) is 3.65. The number of hydrogen-bond acceptors (Lipinski definition) is 1. The topological polar surface area (TPSA) is 20.3 Å². The van der Waals surface area contributed by atoms with Gasteiger partial charge in [0.15, 0.2) is 0 Å². The van der Waals surface area contributed by atoms with Crippen LogP contribution in [-0.2, 0) is 0 Å². The van der Waals surface area contributed by atoms with E-state index in [1.807, 2.05) is 0 Å². The molecule has 19 heavy (non-hydrogen) atoms. The van der Waals surface area contributed by atoms with E-state index < -0.39 is 5.82 Å². The van der Waals surface area contributed by atoms with Gasteiger partial charge in [-0.3, -0.25) is 4.79 Å². The lowest BCUT2D eigenvalue weighted by atomic mass is 9.97. The Labute approximate surface area is 113 Å². The summed E-state index contributed by atoms with van der Waals surface area (Å²) < 4.78 is 14.1. The van der Waals surface area contributed by atoms with Crippen molar-refractivity contribution in [2.75, 3.05) is 13.1 Å². The lowest BCUT2D eigenvalue weighted by Gasteiger charge is -2.30. The largest absolute Gasteiger partial charge is 0.339 e. The number of halogens is 1. The Morgan fingerprint density at radius 1 is 1.42 bits per heavy atom. The highest BCUT2D eigenvalue weighted by Gasteiger charge is 2.25. The Morgan fingerprint density at radius 2 is 2.05 bits per heavy atom. The molecule has 1 aliphatic rings. The van der Waals surface area contributed by atoms with Gasteiger partial charge in [0, 0.05) is 13.1 Å². The maximum absolute atomic E-state index is 14.1. The molecule has 0 spiro atoms. The first-order valence-electron chi connectivity index (χ1n) is 6.74. The average Bonchev–Trinajstić information content (AvgIpc) is 2.38. The van der Waals surface area contributed by atoms with E-state index in [0.717, 1.165) is 25.9 Å². The second-order valence-electron chi connectivity index (χ2n) is 5.37. The fourth-order valence-corrected chi connectivity index (χ4v) is 2.53. The predicted molar refractivity (Wildman–Crippen MR) is 75.5 cm³/mol. The fourth-order valence-electron chi connectivity index (χ4n) is 2.53. The summed E-state index contributed by atoms with van der Waals surface area (Å²) in [5.74, 6) is 0.0224. The number of benzene rings is 1. The Morgan fingerprint density at radius 3 is 2.58 bits per heavy atom. The molecule has 1 saturated heterocycles. The summed E-state index contributed by atoms with van der Waals surface area (Å²) in [7, 11) is 0. The molecule has 0 saturated carbocycles. The van der Waals surface area contributed by atoms with Crippen LogP contribution in [-0.4, -0.2) is 23.9 Å². The summed E-state index contributed by atoms with van der Waals surface area (Å²) in [6, 6.07) is 3.18. The number of rotatable bonds is 2. The molecule has 0 radical (unpaired) electrons. The van der Waals surface area contributed by atoms with Gasteiger partial charge in [0.2, 0.25) is 0 Å². The molecular weight excluding hydrogens is 241 g/mol. The number of carbonyl (C=O) groups excluding carboxylic acids is 1. The van der Waals surface area contributed by atoms with Gasteiger partial charge in [-0.15, -0.1) is 0 Å². The molecule has 0 N–H and O–H groups in total. The number of aryl methyl sites for hydroxylation is 1. The van der Waals surface area contributed by atoms with Crippen molar-refractivity contribution in [2.24, 2.45) is 5.92 Å². The molecule has 2 nitrogen and oxygen atoms in total. The van der Waals surface area contributed by atoms with Crippen molar-refractivity contribution in [1.82, 2.24) is 4.90 Å². The van der Waals surface area contributed by atoms with Gasteiger partial charge >= 0.3 is 0 Å². The highest BCUT2D eigenvalue weighted by atomic mass is 19.1. The third-order valence-electron chi connectivity index (χ3n) is 3.83. The number of likely N-dealkylation sites (tertiary alicyclic amines) is 1. The lowest BCUT2D eigenvalue weighted by molar-refractivity contribution is 0.0691. The minimum Gasteiger partial charge on any atom is -0.339 e. The van der Waals surface area contributed by atoms with E-state index in [4.69, 9.17) is 0 Å². The maximum Gasteiger partial charge on any atom is 0.257 e. The highest BCUT2D eigenvalue weighted by Crippen LogP contribution is 2.22. The number of amides is 1. The summed E-state index contributed by atoms with van der Waals surface area (Å²) in [4.78, 5) is 14.2. The molecular formula is C16H20FNO. The summed E-state index contributed by atoms with van der Waals surface area (Å²) in [6.45, 7) is 9.03. The van der Waals surface area contributed by atoms with Crippen LogP contribution in [0.25, 0.3) is 6.08 Å². The smallest absolute Gasteiger partial charge is 0.257 e. The number of piperidine rings is 1. The monoisotopic (exact) mass is 261 g/mol. The standard InChI is InChI=1S/C16H20FNO/c1-4-13-9-12(3)15(14(17)10-13)16(19)18-7-5-11(2)6-8-18/h4,9-11H,1,5-8H2,2-3H3. The lowest BCUT2D eigenvalue weighted by Crippen LogP contribution is -2.38. The van der Waals surface area contributed by atoms with Gasteiger partial charge in [-0.25, -0.2) is 4.39 Å². The molecule has 0 atom stereocenters. The summed E-state index contributed by atoms with van der Waals surface area (Å²) in [6.07, 6.45) is 3.58. The van der Waals surface area contributed by atoms with E-state index in [2.05, 4.69) is 13.5 Å². The molecule has 0 aromatic heterocycles. The van der Waals surface area contributed by atoms with E-state index in [-0.39, 0.29) is 11.5 Å². The molecule has 2 rings (SSSR count). The van der Waals surface area contributed by atoms with Crippen molar-refractivity contribution >= 4 is 12.0 Å². The normalized spacial score (nSPS) is 16.5. The molecule has 1 aliphatic heterocycles. The Balaban J connectivity index is 2.26. The van der Waals surface area contributed by atoms with Gasteiger partial charge in [-0.1, -0.05) is 25.6 Å². The third kappa shape index (κ3) is 2.86. The van der Waals surface area contributed by atoms with Gasteiger partial charge < -0.3 is 4.90 Å². The third-order valence-corrected chi connectivity index (χ3v) is 3.83. The average molecular weight is 261 g/mol. The quantitative estimate of drug-likeness (QED) is 0.795. The molecule has 3 heteroatoms. The van der Waals surface area contributed by atoms with Crippen molar-refractivity contribution < 1.29 is 9.18 Å². The van der Waals surface area contributed by atoms with E-state index in [0.29, 0.717) is 17.0 Å². The summed E-state index contributed by atoms with van der Waals surface area (Å²) in [5, 5.41) is 0. The number of hydrogen-bond donors (Lipinski definition) is 0. The van der Waals surface area contributed by atoms with E-state index in [9.17, 15) is 9.18 Å². The zero-order valence-electron chi connectivity index (χ0n) is 11.6. The molecule has 0 unspecified atom stereocenters. The minimum absolute atomic E-state index is 0.183. The molecule has 1 heterocycles. The Hall–Kier alpha value is -1.64. The first kappa shape index (κ1) is 13.8. The molecule has 1 aromatic carbocycles. The zero-order valence-corrected chi connectivity index (χ0v) is 11.6. The minimum atomic E-state index is -0.446. The van der Waals surface area contributed by atoms with Crippen molar-refractivity contribution in [1.29, 1.82) is 0 Å². The van der Waals surface area contributed by atoms with Crippen molar-refractivity contribution in [3.05, 3.63) is 41.2 Å². The second kappa shape index (κ2) is 5.55. The van der Waals surface area contributed by atoms with Crippen LogP contribution in [0.3, 0.4) is 0 Å². The highest BCUT2D eigenvalue weighted by molar-refractivity contribution is 5.96. The van der Waals surface area contributed by atoms with E-state index >= 15 is 0 Å². The van der Waals surface area contributed by atoms with Crippen LogP contribution in [0.1, 0.15) is 41.3 Å². The molecule has 0 aliphatic carbocycles.